The highest BCUT2D eigenvalue weighted by Gasteiger charge is 2.17. The summed E-state index contributed by atoms with van der Waals surface area (Å²) in [5, 5.41) is 17.6. The number of nitrogens with zero attached hydrogens (tertiary/aromatic N) is 5. The number of hydrogen-bond acceptors (Lipinski definition) is 8. The monoisotopic (exact) mass is 338 g/mol. The second-order valence-corrected chi connectivity index (χ2v) is 4.97. The molecule has 0 aliphatic heterocycles. The molecular weight excluding hydrogens is 320 g/mol. The summed E-state index contributed by atoms with van der Waals surface area (Å²) in [5.74, 6) is 1.65. The molecule has 0 radical (unpaired) electrons. The first-order valence-corrected chi connectivity index (χ1v) is 7.61. The summed E-state index contributed by atoms with van der Waals surface area (Å²) >= 11 is 0. The van der Waals surface area contributed by atoms with Gasteiger partial charge in [-0.15, -0.1) is 0 Å². The second-order valence-electron chi connectivity index (χ2n) is 4.97. The third-order valence-corrected chi connectivity index (χ3v) is 3.39. The highest BCUT2D eigenvalue weighted by Crippen LogP contribution is 2.35. The maximum absolute atomic E-state index is 8.82. The highest BCUT2D eigenvalue weighted by molar-refractivity contribution is 5.68. The van der Waals surface area contributed by atoms with Crippen molar-refractivity contribution in [1.29, 1.82) is 10.5 Å². The van der Waals surface area contributed by atoms with E-state index in [1.807, 2.05) is 12.1 Å². The lowest BCUT2D eigenvalue weighted by Crippen LogP contribution is -2.27. The van der Waals surface area contributed by atoms with Crippen molar-refractivity contribution in [3.8, 4) is 29.5 Å². The van der Waals surface area contributed by atoms with E-state index in [4.69, 9.17) is 25.7 Å². The van der Waals surface area contributed by atoms with Gasteiger partial charge < -0.3 is 20.1 Å². The Labute approximate surface area is 146 Å². The standard InChI is InChI=1S/C17H18N6O2/c1-24-13-6-2-3-7-14(13)25-17-15(20)16(21-12-22-17)23(10-4-8-18)11-5-9-19/h2-3,6-7,12H,4-5,10-11,20H2,1H3. The molecule has 0 amide bonds. The molecule has 25 heavy (non-hydrogen) atoms. The van der Waals surface area contributed by atoms with Crippen LogP contribution in [-0.4, -0.2) is 30.2 Å². The predicted octanol–water partition coefficient (Wildman–Crippen LogP) is 2.49. The van der Waals surface area contributed by atoms with Gasteiger partial charge >= 0.3 is 0 Å². The molecule has 0 atom stereocenters. The normalized spacial score (nSPS) is 9.72. The van der Waals surface area contributed by atoms with Crippen LogP contribution in [0.4, 0.5) is 11.5 Å². The summed E-state index contributed by atoms with van der Waals surface area (Å²) in [6.07, 6.45) is 1.91. The van der Waals surface area contributed by atoms with Crippen LogP contribution in [0.5, 0.6) is 17.4 Å². The molecule has 8 nitrogen and oxygen atoms in total. The van der Waals surface area contributed by atoms with E-state index >= 15 is 0 Å². The van der Waals surface area contributed by atoms with Crippen molar-refractivity contribution in [2.75, 3.05) is 30.8 Å². The van der Waals surface area contributed by atoms with Crippen LogP contribution in [-0.2, 0) is 0 Å². The summed E-state index contributed by atoms with van der Waals surface area (Å²) in [6, 6.07) is 11.3. The minimum absolute atomic E-state index is 0.188. The second kappa shape index (κ2) is 8.94. The molecule has 0 aliphatic rings. The molecule has 0 saturated heterocycles. The Kier molecular flexibility index (Phi) is 6.38. The maximum atomic E-state index is 8.82. The van der Waals surface area contributed by atoms with Crippen LogP contribution >= 0.6 is 0 Å². The van der Waals surface area contributed by atoms with E-state index in [1.54, 1.807) is 24.1 Å². The van der Waals surface area contributed by atoms with E-state index in [9.17, 15) is 0 Å². The van der Waals surface area contributed by atoms with Gasteiger partial charge in [0.2, 0.25) is 5.88 Å². The van der Waals surface area contributed by atoms with Crippen molar-refractivity contribution in [3.05, 3.63) is 30.6 Å². The molecule has 0 fully saturated rings. The lowest BCUT2D eigenvalue weighted by atomic mass is 10.3. The average Bonchev–Trinajstić information content (AvgIpc) is 2.64. The fourth-order valence-electron chi connectivity index (χ4n) is 2.20. The van der Waals surface area contributed by atoms with E-state index in [-0.39, 0.29) is 24.4 Å². The van der Waals surface area contributed by atoms with E-state index in [1.165, 1.54) is 6.33 Å². The number of para-hydroxylation sites is 2. The van der Waals surface area contributed by atoms with E-state index in [0.29, 0.717) is 30.4 Å². The summed E-state index contributed by atoms with van der Waals surface area (Å²) in [6.45, 7) is 0.820. The third-order valence-electron chi connectivity index (χ3n) is 3.39. The Balaban J connectivity index is 2.31. The van der Waals surface area contributed by atoms with E-state index in [0.717, 1.165) is 0 Å². The number of rotatable bonds is 8. The van der Waals surface area contributed by atoms with E-state index < -0.39 is 0 Å². The molecular formula is C17H18N6O2. The van der Waals surface area contributed by atoms with Crippen LogP contribution < -0.4 is 20.1 Å². The molecule has 128 valence electrons. The number of nitrogens with two attached hydrogens (primary N) is 1. The Morgan fingerprint density at radius 3 is 2.32 bits per heavy atom. The largest absolute Gasteiger partial charge is 0.493 e. The molecule has 0 spiro atoms. The Morgan fingerprint density at radius 2 is 1.72 bits per heavy atom. The van der Waals surface area contributed by atoms with Gasteiger partial charge in [-0.2, -0.15) is 15.5 Å². The summed E-state index contributed by atoms with van der Waals surface area (Å²) in [4.78, 5) is 10.0. The molecule has 0 bridgehead atoms. The zero-order valence-electron chi connectivity index (χ0n) is 13.8. The van der Waals surface area contributed by atoms with Crippen LogP contribution in [0.1, 0.15) is 12.8 Å². The molecule has 1 aromatic heterocycles. The summed E-state index contributed by atoms with van der Waals surface area (Å²) in [7, 11) is 1.54. The number of benzene rings is 1. The number of methoxy groups -OCH3 is 1. The van der Waals surface area contributed by atoms with Gasteiger partial charge in [0.25, 0.3) is 0 Å². The summed E-state index contributed by atoms with van der Waals surface area (Å²) in [5.41, 5.74) is 6.41. The van der Waals surface area contributed by atoms with Crippen LogP contribution in [0.3, 0.4) is 0 Å². The maximum Gasteiger partial charge on any atom is 0.248 e. The molecule has 2 N–H and O–H groups in total. The lowest BCUT2D eigenvalue weighted by molar-refractivity contribution is 0.374. The van der Waals surface area contributed by atoms with Crippen LogP contribution in [0.25, 0.3) is 0 Å². The minimum atomic E-state index is 0.188. The van der Waals surface area contributed by atoms with Gasteiger partial charge in [0.05, 0.1) is 32.1 Å². The zero-order chi connectivity index (χ0) is 18.1. The van der Waals surface area contributed by atoms with Gasteiger partial charge in [0.1, 0.15) is 12.0 Å². The molecule has 8 heteroatoms. The Hall–Kier alpha value is -3.52. The van der Waals surface area contributed by atoms with Crippen molar-refractivity contribution >= 4 is 11.5 Å². The Morgan fingerprint density at radius 1 is 1.08 bits per heavy atom. The molecule has 0 saturated carbocycles. The van der Waals surface area contributed by atoms with Gasteiger partial charge in [0.15, 0.2) is 17.3 Å². The number of hydrogen-bond donors (Lipinski definition) is 1. The van der Waals surface area contributed by atoms with Crippen molar-refractivity contribution in [3.63, 3.8) is 0 Å². The minimum Gasteiger partial charge on any atom is -0.493 e. The molecule has 1 heterocycles. The first kappa shape index (κ1) is 17.8. The molecule has 1 aromatic carbocycles. The van der Waals surface area contributed by atoms with Gasteiger partial charge in [-0.25, -0.2) is 4.98 Å². The van der Waals surface area contributed by atoms with Crippen molar-refractivity contribution in [1.82, 2.24) is 9.97 Å². The highest BCUT2D eigenvalue weighted by atomic mass is 16.5. The SMILES string of the molecule is COc1ccccc1Oc1ncnc(N(CCC#N)CCC#N)c1N. The van der Waals surface area contributed by atoms with Crippen LogP contribution in [0, 0.1) is 22.7 Å². The quantitative estimate of drug-likeness (QED) is 0.779. The molecule has 2 aromatic rings. The fraction of sp³-hybridized carbons (Fsp3) is 0.294. The van der Waals surface area contributed by atoms with E-state index in [2.05, 4.69) is 22.1 Å². The molecule has 0 aliphatic carbocycles. The smallest absolute Gasteiger partial charge is 0.248 e. The summed E-state index contributed by atoms with van der Waals surface area (Å²) < 4.78 is 11.0. The zero-order valence-corrected chi connectivity index (χ0v) is 13.8. The fourth-order valence-corrected chi connectivity index (χ4v) is 2.20. The lowest BCUT2D eigenvalue weighted by Gasteiger charge is -2.23. The van der Waals surface area contributed by atoms with Gasteiger partial charge in [-0.3, -0.25) is 0 Å². The first-order chi connectivity index (χ1) is 12.2. The van der Waals surface area contributed by atoms with Gasteiger partial charge in [0, 0.05) is 13.1 Å². The number of aromatic nitrogens is 2. The predicted molar refractivity (Wildman–Crippen MR) is 92.2 cm³/mol. The molecule has 2 rings (SSSR count). The average molecular weight is 338 g/mol. The topological polar surface area (TPSA) is 121 Å². The number of ether oxygens (including phenoxy) is 2. The van der Waals surface area contributed by atoms with Gasteiger partial charge in [-0.1, -0.05) is 12.1 Å². The van der Waals surface area contributed by atoms with Gasteiger partial charge in [-0.05, 0) is 12.1 Å². The van der Waals surface area contributed by atoms with Crippen LogP contribution in [0.2, 0.25) is 0 Å². The van der Waals surface area contributed by atoms with Crippen molar-refractivity contribution in [2.45, 2.75) is 12.8 Å². The van der Waals surface area contributed by atoms with Crippen molar-refractivity contribution < 1.29 is 9.47 Å². The van der Waals surface area contributed by atoms with Crippen LogP contribution in [0.15, 0.2) is 30.6 Å². The number of nitrogen functional groups attached to an aromatic ring is 1. The number of anilines is 2. The first-order valence-electron chi connectivity index (χ1n) is 7.61. The number of nitriles is 2. The molecule has 0 unspecified atom stereocenters. The van der Waals surface area contributed by atoms with Crippen molar-refractivity contribution in [2.24, 2.45) is 0 Å². The third kappa shape index (κ3) is 4.49. The Bertz CT molecular complexity index is 778.